The molecule has 17 heavy (non-hydrogen) atoms. The minimum Gasteiger partial charge on any atom is -0.484 e. The number of hydrogen-bond acceptors (Lipinski definition) is 2. The summed E-state index contributed by atoms with van der Waals surface area (Å²) in [7, 11) is 0. The third-order valence-corrected chi connectivity index (χ3v) is 3.33. The molecule has 0 fully saturated rings. The molecule has 1 aromatic carbocycles. The number of ether oxygens (including phenoxy) is 1. The molecule has 4 heteroatoms. The van der Waals surface area contributed by atoms with Gasteiger partial charge in [0.25, 0.3) is 0 Å². The second-order valence-corrected chi connectivity index (χ2v) is 4.78. The Balaban J connectivity index is 2.20. The van der Waals surface area contributed by atoms with Crippen molar-refractivity contribution in [1.29, 1.82) is 0 Å². The van der Waals surface area contributed by atoms with Crippen molar-refractivity contribution in [2.24, 2.45) is 0 Å². The highest BCUT2D eigenvalue weighted by molar-refractivity contribution is 14.1. The van der Waals surface area contributed by atoms with E-state index in [-0.39, 0.29) is 11.9 Å². The molecule has 2 aromatic rings. The summed E-state index contributed by atoms with van der Waals surface area (Å²) in [5.74, 6) is 0.433. The SMILES string of the molecule is C[C@@H](Oc1cccnc1)c1cc(F)ccc1I. The van der Waals surface area contributed by atoms with Gasteiger partial charge in [-0.05, 0) is 59.8 Å². The molecule has 0 radical (unpaired) electrons. The predicted molar refractivity (Wildman–Crippen MR) is 72.4 cm³/mol. The van der Waals surface area contributed by atoms with Gasteiger partial charge in [0.1, 0.15) is 17.7 Å². The van der Waals surface area contributed by atoms with E-state index in [2.05, 4.69) is 27.6 Å². The Kier molecular flexibility index (Phi) is 3.93. The summed E-state index contributed by atoms with van der Waals surface area (Å²) in [5, 5.41) is 0. The Morgan fingerprint density at radius 3 is 2.88 bits per heavy atom. The Morgan fingerprint density at radius 2 is 2.18 bits per heavy atom. The van der Waals surface area contributed by atoms with Crippen LogP contribution >= 0.6 is 22.6 Å². The van der Waals surface area contributed by atoms with Gasteiger partial charge < -0.3 is 4.74 Å². The summed E-state index contributed by atoms with van der Waals surface area (Å²) < 4.78 is 19.9. The van der Waals surface area contributed by atoms with Crippen LogP contribution in [0.2, 0.25) is 0 Å². The van der Waals surface area contributed by atoms with E-state index in [1.165, 1.54) is 12.1 Å². The minimum absolute atomic E-state index is 0.207. The molecular weight excluding hydrogens is 332 g/mol. The van der Waals surface area contributed by atoms with E-state index in [1.54, 1.807) is 24.5 Å². The van der Waals surface area contributed by atoms with E-state index in [1.807, 2.05) is 13.0 Å². The van der Waals surface area contributed by atoms with Crippen LogP contribution in [-0.2, 0) is 0 Å². The molecule has 0 aliphatic heterocycles. The van der Waals surface area contributed by atoms with Crippen LogP contribution in [0.25, 0.3) is 0 Å². The van der Waals surface area contributed by atoms with Crippen molar-refractivity contribution < 1.29 is 9.13 Å². The van der Waals surface area contributed by atoms with Crippen molar-refractivity contribution in [3.63, 3.8) is 0 Å². The number of benzene rings is 1. The average Bonchev–Trinajstić information content (AvgIpc) is 2.33. The van der Waals surface area contributed by atoms with Crippen LogP contribution < -0.4 is 4.74 Å². The fourth-order valence-electron chi connectivity index (χ4n) is 1.51. The number of nitrogens with zero attached hydrogens (tertiary/aromatic N) is 1. The largest absolute Gasteiger partial charge is 0.484 e. The Hall–Kier alpha value is -1.17. The summed E-state index contributed by atoms with van der Waals surface area (Å²) in [4.78, 5) is 3.97. The van der Waals surface area contributed by atoms with Crippen LogP contribution in [0.1, 0.15) is 18.6 Å². The van der Waals surface area contributed by atoms with E-state index in [4.69, 9.17) is 4.74 Å². The summed E-state index contributed by atoms with van der Waals surface area (Å²) in [5.41, 5.74) is 0.842. The summed E-state index contributed by atoms with van der Waals surface area (Å²) in [6.45, 7) is 1.89. The smallest absolute Gasteiger partial charge is 0.138 e. The van der Waals surface area contributed by atoms with Crippen molar-refractivity contribution in [3.05, 3.63) is 57.7 Å². The number of hydrogen-bond donors (Lipinski definition) is 0. The first-order valence-corrected chi connectivity index (χ1v) is 6.26. The molecule has 0 bridgehead atoms. The van der Waals surface area contributed by atoms with E-state index in [0.29, 0.717) is 5.75 Å². The Morgan fingerprint density at radius 1 is 1.35 bits per heavy atom. The first kappa shape index (κ1) is 12.3. The molecule has 0 saturated heterocycles. The lowest BCUT2D eigenvalue weighted by atomic mass is 10.1. The zero-order valence-electron chi connectivity index (χ0n) is 9.23. The predicted octanol–water partition coefficient (Wildman–Crippen LogP) is 3.97. The van der Waals surface area contributed by atoms with Crippen LogP contribution in [0.3, 0.4) is 0 Å². The van der Waals surface area contributed by atoms with Crippen molar-refractivity contribution in [3.8, 4) is 5.75 Å². The molecular formula is C13H11FINO. The van der Waals surface area contributed by atoms with Crippen LogP contribution in [0.5, 0.6) is 5.75 Å². The maximum absolute atomic E-state index is 13.2. The van der Waals surface area contributed by atoms with Crippen molar-refractivity contribution in [1.82, 2.24) is 4.98 Å². The molecule has 0 aliphatic carbocycles. The number of aromatic nitrogens is 1. The van der Waals surface area contributed by atoms with Gasteiger partial charge in [0.2, 0.25) is 0 Å². The highest BCUT2D eigenvalue weighted by Crippen LogP contribution is 2.25. The molecule has 2 nitrogen and oxygen atoms in total. The molecule has 1 atom stereocenters. The first-order chi connectivity index (χ1) is 8.16. The standard InChI is InChI=1S/C13H11FINO/c1-9(17-11-3-2-6-16-8-11)12-7-10(14)4-5-13(12)15/h2-9H,1H3/t9-/m1/s1. The maximum atomic E-state index is 13.2. The molecule has 0 spiro atoms. The van der Waals surface area contributed by atoms with E-state index in [0.717, 1.165) is 9.13 Å². The molecule has 1 heterocycles. The molecule has 88 valence electrons. The van der Waals surface area contributed by atoms with Gasteiger partial charge in [0.15, 0.2) is 0 Å². The van der Waals surface area contributed by atoms with E-state index >= 15 is 0 Å². The van der Waals surface area contributed by atoms with Gasteiger partial charge >= 0.3 is 0 Å². The lowest BCUT2D eigenvalue weighted by molar-refractivity contribution is 0.224. The quantitative estimate of drug-likeness (QED) is 0.787. The fraction of sp³-hybridized carbons (Fsp3) is 0.154. The number of rotatable bonds is 3. The average molecular weight is 343 g/mol. The molecule has 0 aliphatic rings. The molecule has 0 N–H and O–H groups in total. The van der Waals surface area contributed by atoms with Gasteiger partial charge in [-0.1, -0.05) is 0 Å². The Labute approximate surface area is 113 Å². The molecule has 0 unspecified atom stereocenters. The van der Waals surface area contributed by atoms with Crippen LogP contribution in [0.4, 0.5) is 4.39 Å². The zero-order chi connectivity index (χ0) is 12.3. The number of pyridine rings is 1. The van der Waals surface area contributed by atoms with Gasteiger partial charge in [-0.2, -0.15) is 0 Å². The van der Waals surface area contributed by atoms with Crippen molar-refractivity contribution in [2.45, 2.75) is 13.0 Å². The molecule has 1 aromatic heterocycles. The van der Waals surface area contributed by atoms with Gasteiger partial charge in [-0.15, -0.1) is 0 Å². The third-order valence-electron chi connectivity index (χ3n) is 2.34. The van der Waals surface area contributed by atoms with Gasteiger partial charge in [0, 0.05) is 15.3 Å². The second-order valence-electron chi connectivity index (χ2n) is 3.61. The van der Waals surface area contributed by atoms with Crippen LogP contribution in [-0.4, -0.2) is 4.98 Å². The first-order valence-electron chi connectivity index (χ1n) is 5.18. The molecule has 0 amide bonds. The van der Waals surface area contributed by atoms with Crippen molar-refractivity contribution >= 4 is 22.6 Å². The monoisotopic (exact) mass is 343 g/mol. The van der Waals surface area contributed by atoms with Gasteiger partial charge in [0.05, 0.1) is 6.20 Å². The minimum atomic E-state index is -0.248. The fourth-order valence-corrected chi connectivity index (χ4v) is 2.28. The lowest BCUT2D eigenvalue weighted by Gasteiger charge is -2.16. The highest BCUT2D eigenvalue weighted by atomic mass is 127. The third kappa shape index (κ3) is 3.15. The van der Waals surface area contributed by atoms with E-state index < -0.39 is 0 Å². The van der Waals surface area contributed by atoms with Crippen molar-refractivity contribution in [2.75, 3.05) is 0 Å². The molecule has 2 rings (SSSR count). The number of halogens is 2. The second kappa shape index (κ2) is 5.44. The maximum Gasteiger partial charge on any atom is 0.138 e. The highest BCUT2D eigenvalue weighted by Gasteiger charge is 2.12. The van der Waals surface area contributed by atoms with E-state index in [9.17, 15) is 4.39 Å². The summed E-state index contributed by atoms with van der Waals surface area (Å²) in [6.07, 6.45) is 3.12. The van der Waals surface area contributed by atoms with Gasteiger partial charge in [-0.25, -0.2) is 4.39 Å². The molecule has 0 saturated carbocycles. The van der Waals surface area contributed by atoms with Crippen LogP contribution in [0, 0.1) is 9.39 Å². The summed E-state index contributed by atoms with van der Waals surface area (Å²) >= 11 is 2.17. The summed E-state index contributed by atoms with van der Waals surface area (Å²) in [6, 6.07) is 8.33. The van der Waals surface area contributed by atoms with Crippen LogP contribution in [0.15, 0.2) is 42.7 Å². The lowest BCUT2D eigenvalue weighted by Crippen LogP contribution is -2.05. The zero-order valence-corrected chi connectivity index (χ0v) is 11.4. The normalized spacial score (nSPS) is 12.2. The Bertz CT molecular complexity index is 504. The van der Waals surface area contributed by atoms with Gasteiger partial charge in [-0.3, -0.25) is 4.98 Å². The topological polar surface area (TPSA) is 22.1 Å².